The number of likely N-dealkylation sites (tertiary alicyclic amines) is 1. The lowest BCUT2D eigenvalue weighted by Crippen LogP contribution is -2.52. The van der Waals surface area contributed by atoms with E-state index in [0.29, 0.717) is 43.6 Å². The first kappa shape index (κ1) is 21.8. The highest BCUT2D eigenvalue weighted by Crippen LogP contribution is 2.28. The lowest BCUT2D eigenvalue weighted by molar-refractivity contribution is -0.139. The van der Waals surface area contributed by atoms with Crippen LogP contribution in [-0.4, -0.2) is 57.4 Å². The number of rotatable bonds is 7. The minimum atomic E-state index is 0.0455. The highest BCUT2D eigenvalue weighted by molar-refractivity contribution is 5.77. The van der Waals surface area contributed by atoms with E-state index in [4.69, 9.17) is 4.52 Å². The van der Waals surface area contributed by atoms with Crippen molar-refractivity contribution in [1.29, 1.82) is 0 Å². The molecule has 162 valence electrons. The topological polar surface area (TPSA) is 79.5 Å². The van der Waals surface area contributed by atoms with Crippen LogP contribution in [0.25, 0.3) is 0 Å². The molecule has 0 aromatic carbocycles. The summed E-state index contributed by atoms with van der Waals surface area (Å²) in [5.74, 6) is 2.33. The molecule has 1 aromatic heterocycles. The number of carbonyl (C=O) groups excluding carboxylic acids is 2. The van der Waals surface area contributed by atoms with Crippen molar-refractivity contribution in [2.45, 2.75) is 90.5 Å². The molecule has 2 fully saturated rings. The summed E-state index contributed by atoms with van der Waals surface area (Å²) >= 11 is 0. The summed E-state index contributed by atoms with van der Waals surface area (Å²) in [7, 11) is 0. The molecule has 0 spiro atoms. The zero-order valence-corrected chi connectivity index (χ0v) is 18.2. The number of piperidine rings is 1. The molecule has 1 aliphatic heterocycles. The summed E-state index contributed by atoms with van der Waals surface area (Å²) in [5, 5.41) is 4.03. The Hall–Kier alpha value is -1.92. The third-order valence-corrected chi connectivity index (χ3v) is 6.34. The zero-order chi connectivity index (χ0) is 20.8. The molecular formula is C22H36N4O3. The Bertz CT molecular complexity index is 681. The highest BCUT2D eigenvalue weighted by atomic mass is 16.5. The van der Waals surface area contributed by atoms with Crippen molar-refractivity contribution in [3.63, 3.8) is 0 Å². The van der Waals surface area contributed by atoms with E-state index >= 15 is 0 Å². The van der Waals surface area contributed by atoms with Crippen molar-refractivity contribution < 1.29 is 14.1 Å². The molecule has 7 heteroatoms. The molecule has 0 radical (unpaired) electrons. The molecule has 2 amide bonds. The van der Waals surface area contributed by atoms with Crippen molar-refractivity contribution in [2.24, 2.45) is 5.92 Å². The summed E-state index contributed by atoms with van der Waals surface area (Å²) in [4.78, 5) is 33.5. The monoisotopic (exact) mass is 404 g/mol. The van der Waals surface area contributed by atoms with Crippen LogP contribution in [0.5, 0.6) is 0 Å². The van der Waals surface area contributed by atoms with Gasteiger partial charge in [0, 0.05) is 51.4 Å². The number of hydrogen-bond acceptors (Lipinski definition) is 5. The van der Waals surface area contributed by atoms with Gasteiger partial charge in [-0.1, -0.05) is 38.3 Å². The van der Waals surface area contributed by atoms with Crippen LogP contribution in [0.3, 0.4) is 0 Å². The van der Waals surface area contributed by atoms with Crippen LogP contribution in [0, 0.1) is 5.92 Å². The van der Waals surface area contributed by atoms with E-state index in [1.54, 1.807) is 6.92 Å². The Kier molecular flexibility index (Phi) is 7.67. The van der Waals surface area contributed by atoms with Gasteiger partial charge in [-0.05, 0) is 31.6 Å². The van der Waals surface area contributed by atoms with Crippen molar-refractivity contribution in [3.8, 4) is 0 Å². The quantitative estimate of drug-likeness (QED) is 0.694. The summed E-state index contributed by atoms with van der Waals surface area (Å²) in [6.45, 7) is 7.66. The molecule has 1 aromatic rings. The number of amides is 2. The van der Waals surface area contributed by atoms with Crippen molar-refractivity contribution >= 4 is 11.8 Å². The minimum absolute atomic E-state index is 0.0455. The summed E-state index contributed by atoms with van der Waals surface area (Å²) in [6, 6.07) is 0.0769. The normalized spacial score (nSPS) is 20.8. The molecule has 1 saturated heterocycles. The van der Waals surface area contributed by atoms with E-state index in [1.807, 2.05) is 23.6 Å². The molecule has 3 rings (SSSR count). The number of nitrogens with zero attached hydrogens (tertiary/aromatic N) is 4. The van der Waals surface area contributed by atoms with Crippen molar-refractivity contribution in [2.75, 3.05) is 19.6 Å². The van der Waals surface area contributed by atoms with Gasteiger partial charge < -0.3 is 14.3 Å². The van der Waals surface area contributed by atoms with Gasteiger partial charge >= 0.3 is 0 Å². The second-order valence-electron chi connectivity index (χ2n) is 9.01. The Morgan fingerprint density at radius 2 is 1.93 bits per heavy atom. The first-order valence-corrected chi connectivity index (χ1v) is 11.3. The number of hydrogen-bond donors (Lipinski definition) is 0. The van der Waals surface area contributed by atoms with E-state index < -0.39 is 0 Å². The van der Waals surface area contributed by atoms with Gasteiger partial charge in [0.2, 0.25) is 17.7 Å². The van der Waals surface area contributed by atoms with Gasteiger partial charge in [-0.2, -0.15) is 4.98 Å². The van der Waals surface area contributed by atoms with E-state index in [1.165, 1.54) is 32.1 Å². The smallest absolute Gasteiger partial charge is 0.229 e. The van der Waals surface area contributed by atoms with Crippen LogP contribution in [0.4, 0.5) is 0 Å². The Balaban J connectivity index is 1.55. The maximum absolute atomic E-state index is 12.8. The Morgan fingerprint density at radius 3 is 2.59 bits per heavy atom. The Labute approximate surface area is 174 Å². The highest BCUT2D eigenvalue weighted by Gasteiger charge is 2.30. The molecule has 0 bridgehead atoms. The lowest BCUT2D eigenvalue weighted by atomic mass is 9.86. The first-order chi connectivity index (χ1) is 13.9. The molecule has 2 aliphatic rings. The zero-order valence-electron chi connectivity index (χ0n) is 18.2. The van der Waals surface area contributed by atoms with Crippen LogP contribution < -0.4 is 0 Å². The fourth-order valence-electron chi connectivity index (χ4n) is 4.62. The summed E-state index contributed by atoms with van der Waals surface area (Å²) < 4.78 is 5.27. The maximum Gasteiger partial charge on any atom is 0.229 e. The van der Waals surface area contributed by atoms with Gasteiger partial charge in [0.15, 0.2) is 5.82 Å². The number of carbonyl (C=O) groups is 2. The number of aromatic nitrogens is 2. The van der Waals surface area contributed by atoms with E-state index in [2.05, 4.69) is 10.1 Å². The van der Waals surface area contributed by atoms with E-state index in [9.17, 15) is 9.59 Å². The molecule has 1 unspecified atom stereocenters. The van der Waals surface area contributed by atoms with Gasteiger partial charge in [-0.25, -0.2) is 0 Å². The van der Waals surface area contributed by atoms with Gasteiger partial charge in [0.05, 0.1) is 0 Å². The molecule has 0 N–H and O–H groups in total. The molecule has 7 nitrogen and oxygen atoms in total. The second-order valence-corrected chi connectivity index (χ2v) is 9.01. The van der Waals surface area contributed by atoms with Crippen LogP contribution >= 0.6 is 0 Å². The molecule has 1 aliphatic carbocycles. The Morgan fingerprint density at radius 1 is 1.17 bits per heavy atom. The van der Waals surface area contributed by atoms with Crippen LogP contribution in [0.2, 0.25) is 0 Å². The second kappa shape index (κ2) is 10.2. The largest absolute Gasteiger partial charge is 0.341 e. The molecule has 1 atom stereocenters. The van der Waals surface area contributed by atoms with Gasteiger partial charge in [-0.3, -0.25) is 9.59 Å². The van der Waals surface area contributed by atoms with Gasteiger partial charge in [0.25, 0.3) is 0 Å². The molecule has 2 heterocycles. The SMILES string of the molecule is CC(=O)N(CCc1noc(C(C)C)n1)C1CCCN(C(=O)CC2CCCCC2)C1. The minimum Gasteiger partial charge on any atom is -0.341 e. The average Bonchev–Trinajstić information content (AvgIpc) is 3.18. The fourth-order valence-corrected chi connectivity index (χ4v) is 4.62. The predicted molar refractivity (Wildman–Crippen MR) is 110 cm³/mol. The average molecular weight is 405 g/mol. The van der Waals surface area contributed by atoms with Crippen molar-refractivity contribution in [3.05, 3.63) is 11.7 Å². The summed E-state index contributed by atoms with van der Waals surface area (Å²) in [6.07, 6.45) is 9.33. The molecule has 29 heavy (non-hydrogen) atoms. The summed E-state index contributed by atoms with van der Waals surface area (Å²) in [5.41, 5.74) is 0. The van der Waals surface area contributed by atoms with Gasteiger partial charge in [0.1, 0.15) is 0 Å². The fraction of sp³-hybridized carbons (Fsp3) is 0.818. The van der Waals surface area contributed by atoms with E-state index in [-0.39, 0.29) is 23.8 Å². The van der Waals surface area contributed by atoms with Crippen LogP contribution in [0.1, 0.15) is 89.8 Å². The third-order valence-electron chi connectivity index (χ3n) is 6.34. The lowest BCUT2D eigenvalue weighted by Gasteiger charge is -2.39. The standard InChI is InChI=1S/C22H36N4O3/c1-16(2)22-23-20(24-29-22)11-13-26(17(3)27)19-10-7-12-25(15-19)21(28)14-18-8-5-4-6-9-18/h16,18-19H,4-15H2,1-3H3. The van der Waals surface area contributed by atoms with Crippen molar-refractivity contribution in [1.82, 2.24) is 19.9 Å². The predicted octanol–water partition coefficient (Wildman–Crippen LogP) is 3.55. The first-order valence-electron chi connectivity index (χ1n) is 11.3. The molecule has 1 saturated carbocycles. The third kappa shape index (κ3) is 6.03. The molecular weight excluding hydrogens is 368 g/mol. The maximum atomic E-state index is 12.8. The van der Waals surface area contributed by atoms with E-state index in [0.717, 1.165) is 19.4 Å². The van der Waals surface area contributed by atoms with Crippen LogP contribution in [0.15, 0.2) is 4.52 Å². The van der Waals surface area contributed by atoms with Gasteiger partial charge in [-0.15, -0.1) is 0 Å². The van der Waals surface area contributed by atoms with Crippen LogP contribution in [-0.2, 0) is 16.0 Å².